The average Bonchev–Trinajstić information content (AvgIpc) is 2.10. The molecular weight excluding hydrogens is 172 g/mol. The van der Waals surface area contributed by atoms with Crippen molar-refractivity contribution in [2.24, 2.45) is 5.84 Å². The number of carbonyl (C=O) groups excluding carboxylic acids is 1. The van der Waals surface area contributed by atoms with E-state index in [4.69, 9.17) is 5.84 Å². The molecule has 0 atom stereocenters. The molecule has 0 radical (unpaired) electrons. The molecule has 0 aromatic rings. The number of rotatable bonds is 7. The zero-order valence-corrected chi connectivity index (χ0v) is 8.45. The van der Waals surface area contributed by atoms with Crippen LogP contribution in [0.5, 0.6) is 0 Å². The summed E-state index contributed by atoms with van der Waals surface area (Å²) in [5.41, 5.74) is 2.12. The Morgan fingerprint density at radius 1 is 1.42 bits per heavy atom. The third-order valence-corrected chi connectivity index (χ3v) is 2.65. The van der Waals surface area contributed by atoms with Crippen LogP contribution < -0.4 is 11.3 Å². The Kier molecular flexibility index (Phi) is 8.71. The highest BCUT2D eigenvalue weighted by atomic mass is 32.2. The van der Waals surface area contributed by atoms with Crippen LogP contribution in [0.1, 0.15) is 32.6 Å². The zero-order chi connectivity index (χ0) is 9.23. The third kappa shape index (κ3) is 7.88. The molecule has 3 N–H and O–H groups in total. The molecule has 0 heterocycles. The van der Waals surface area contributed by atoms with Crippen molar-refractivity contribution < 1.29 is 4.79 Å². The fourth-order valence-corrected chi connectivity index (χ4v) is 1.80. The van der Waals surface area contributed by atoms with Gasteiger partial charge in [-0.25, -0.2) is 5.84 Å². The smallest absolute Gasteiger partial charge is 0.233 e. The predicted octanol–water partition coefficient (Wildman–Crippen LogP) is 1.29. The van der Waals surface area contributed by atoms with E-state index in [1.807, 2.05) is 11.8 Å². The SMILES string of the molecule is CCCCSCCCC(=O)NN. The highest BCUT2D eigenvalue weighted by Gasteiger charge is 1.96. The molecule has 0 saturated carbocycles. The first-order valence-corrected chi connectivity index (χ1v) is 5.54. The Morgan fingerprint density at radius 3 is 2.67 bits per heavy atom. The molecule has 0 aliphatic rings. The van der Waals surface area contributed by atoms with E-state index >= 15 is 0 Å². The van der Waals surface area contributed by atoms with Gasteiger partial charge in [-0.1, -0.05) is 13.3 Å². The fourth-order valence-electron chi connectivity index (χ4n) is 0.755. The molecule has 3 nitrogen and oxygen atoms in total. The Balaban J connectivity index is 2.95. The molecule has 12 heavy (non-hydrogen) atoms. The van der Waals surface area contributed by atoms with Crippen LogP contribution in [0.4, 0.5) is 0 Å². The molecule has 72 valence electrons. The van der Waals surface area contributed by atoms with Gasteiger partial charge < -0.3 is 0 Å². The van der Waals surface area contributed by atoms with E-state index in [0.29, 0.717) is 6.42 Å². The van der Waals surface area contributed by atoms with Crippen LogP contribution in [0.3, 0.4) is 0 Å². The minimum atomic E-state index is -0.0638. The van der Waals surface area contributed by atoms with Gasteiger partial charge in [-0.15, -0.1) is 0 Å². The standard InChI is InChI=1S/C8H18N2OS/c1-2-3-6-12-7-4-5-8(11)10-9/h2-7,9H2,1H3,(H,10,11). The maximum Gasteiger partial charge on any atom is 0.233 e. The quantitative estimate of drug-likeness (QED) is 0.275. The lowest BCUT2D eigenvalue weighted by Crippen LogP contribution is -2.29. The lowest BCUT2D eigenvalue weighted by molar-refractivity contribution is -0.121. The van der Waals surface area contributed by atoms with E-state index in [-0.39, 0.29) is 5.91 Å². The monoisotopic (exact) mass is 190 g/mol. The highest BCUT2D eigenvalue weighted by molar-refractivity contribution is 7.99. The average molecular weight is 190 g/mol. The Bertz CT molecular complexity index is 120. The Hall–Kier alpha value is -0.220. The molecule has 0 saturated heterocycles. The molecule has 0 bridgehead atoms. The lowest BCUT2D eigenvalue weighted by Gasteiger charge is -1.99. The Morgan fingerprint density at radius 2 is 2.08 bits per heavy atom. The summed E-state index contributed by atoms with van der Waals surface area (Å²) in [6.07, 6.45) is 4.00. The van der Waals surface area contributed by atoms with E-state index in [0.717, 1.165) is 12.2 Å². The summed E-state index contributed by atoms with van der Waals surface area (Å²) in [6.45, 7) is 2.18. The number of nitrogens with two attached hydrogens (primary N) is 1. The molecule has 0 aromatic heterocycles. The summed E-state index contributed by atoms with van der Waals surface area (Å²) in [6, 6.07) is 0. The predicted molar refractivity (Wildman–Crippen MR) is 53.8 cm³/mol. The highest BCUT2D eigenvalue weighted by Crippen LogP contribution is 2.07. The van der Waals surface area contributed by atoms with Crippen LogP contribution in [0.2, 0.25) is 0 Å². The minimum Gasteiger partial charge on any atom is -0.294 e. The summed E-state index contributed by atoms with van der Waals surface area (Å²) in [4.78, 5) is 10.7. The van der Waals surface area contributed by atoms with Crippen LogP contribution in [0.25, 0.3) is 0 Å². The second kappa shape index (κ2) is 8.87. The van der Waals surface area contributed by atoms with E-state index in [2.05, 4.69) is 12.3 Å². The second-order valence-electron chi connectivity index (χ2n) is 2.64. The largest absolute Gasteiger partial charge is 0.294 e. The molecule has 0 rings (SSSR count). The maximum absolute atomic E-state index is 10.7. The van der Waals surface area contributed by atoms with Crippen molar-refractivity contribution in [2.45, 2.75) is 32.6 Å². The normalized spacial score (nSPS) is 9.83. The van der Waals surface area contributed by atoms with Crippen molar-refractivity contribution in [3.05, 3.63) is 0 Å². The molecule has 0 aromatic carbocycles. The van der Waals surface area contributed by atoms with Crippen molar-refractivity contribution >= 4 is 17.7 Å². The number of nitrogens with one attached hydrogen (secondary N) is 1. The van der Waals surface area contributed by atoms with Crippen LogP contribution in [0, 0.1) is 0 Å². The number of hydrogen-bond donors (Lipinski definition) is 2. The first-order chi connectivity index (χ1) is 5.81. The minimum absolute atomic E-state index is 0.0638. The number of carbonyl (C=O) groups is 1. The number of hydrazine groups is 1. The molecule has 0 unspecified atom stereocenters. The molecule has 1 amide bonds. The molecule has 0 spiro atoms. The van der Waals surface area contributed by atoms with Crippen molar-refractivity contribution in [3.63, 3.8) is 0 Å². The van der Waals surface area contributed by atoms with Gasteiger partial charge in [0, 0.05) is 6.42 Å². The van der Waals surface area contributed by atoms with Crippen LogP contribution in [-0.4, -0.2) is 17.4 Å². The van der Waals surface area contributed by atoms with E-state index < -0.39 is 0 Å². The van der Waals surface area contributed by atoms with Gasteiger partial charge in [-0.05, 0) is 24.3 Å². The van der Waals surface area contributed by atoms with E-state index in [1.54, 1.807) is 0 Å². The fraction of sp³-hybridized carbons (Fsp3) is 0.875. The van der Waals surface area contributed by atoms with Gasteiger partial charge in [0.2, 0.25) is 5.91 Å². The summed E-state index contributed by atoms with van der Waals surface area (Å²) in [5, 5.41) is 0. The summed E-state index contributed by atoms with van der Waals surface area (Å²) >= 11 is 1.91. The molecule has 4 heteroatoms. The van der Waals surface area contributed by atoms with Gasteiger partial charge in [0.15, 0.2) is 0 Å². The summed E-state index contributed by atoms with van der Waals surface area (Å²) in [5.74, 6) is 7.14. The Labute approximate surface area is 78.4 Å². The van der Waals surface area contributed by atoms with Gasteiger partial charge in [0.1, 0.15) is 0 Å². The van der Waals surface area contributed by atoms with Crippen molar-refractivity contribution in [3.8, 4) is 0 Å². The number of hydrogen-bond acceptors (Lipinski definition) is 3. The summed E-state index contributed by atoms with van der Waals surface area (Å²) < 4.78 is 0. The van der Waals surface area contributed by atoms with Crippen LogP contribution >= 0.6 is 11.8 Å². The maximum atomic E-state index is 10.7. The molecule has 0 aliphatic carbocycles. The summed E-state index contributed by atoms with van der Waals surface area (Å²) in [7, 11) is 0. The first kappa shape index (κ1) is 11.8. The van der Waals surface area contributed by atoms with E-state index in [1.165, 1.54) is 18.6 Å². The van der Waals surface area contributed by atoms with Crippen molar-refractivity contribution in [2.75, 3.05) is 11.5 Å². The topological polar surface area (TPSA) is 55.1 Å². The number of amides is 1. The number of unbranched alkanes of at least 4 members (excludes halogenated alkanes) is 1. The lowest BCUT2D eigenvalue weighted by atomic mass is 10.3. The van der Waals surface area contributed by atoms with E-state index in [9.17, 15) is 4.79 Å². The van der Waals surface area contributed by atoms with Crippen LogP contribution in [0.15, 0.2) is 0 Å². The third-order valence-electron chi connectivity index (χ3n) is 1.50. The van der Waals surface area contributed by atoms with Crippen LogP contribution in [-0.2, 0) is 4.79 Å². The zero-order valence-electron chi connectivity index (χ0n) is 7.64. The molecular formula is C8H18N2OS. The second-order valence-corrected chi connectivity index (χ2v) is 3.86. The van der Waals surface area contributed by atoms with Gasteiger partial charge >= 0.3 is 0 Å². The van der Waals surface area contributed by atoms with Crippen molar-refractivity contribution in [1.82, 2.24) is 5.43 Å². The first-order valence-electron chi connectivity index (χ1n) is 4.38. The molecule has 0 fully saturated rings. The molecule has 0 aliphatic heterocycles. The number of thioether (sulfide) groups is 1. The van der Waals surface area contributed by atoms with Gasteiger partial charge in [0.25, 0.3) is 0 Å². The van der Waals surface area contributed by atoms with Crippen molar-refractivity contribution in [1.29, 1.82) is 0 Å². The van der Waals surface area contributed by atoms with Gasteiger partial charge in [0.05, 0.1) is 0 Å². The van der Waals surface area contributed by atoms with Gasteiger partial charge in [-0.2, -0.15) is 11.8 Å². The van der Waals surface area contributed by atoms with Gasteiger partial charge in [-0.3, -0.25) is 10.2 Å².